The Morgan fingerprint density at radius 3 is 2.44 bits per heavy atom. The summed E-state index contributed by atoms with van der Waals surface area (Å²) in [4.78, 5) is 3.74. The molecule has 0 saturated carbocycles. The minimum absolute atomic E-state index is 0.0295. The third kappa shape index (κ3) is 4.49. The van der Waals surface area contributed by atoms with E-state index in [1.807, 2.05) is 20.8 Å². The van der Waals surface area contributed by atoms with Crippen molar-refractivity contribution >= 4 is 11.8 Å². The zero-order valence-electron chi connectivity index (χ0n) is 10.6. The zero-order valence-corrected chi connectivity index (χ0v) is 11.4. The largest absolute Gasteiger partial charge is 0.416 e. The van der Waals surface area contributed by atoms with Crippen LogP contribution >= 0.6 is 11.8 Å². The summed E-state index contributed by atoms with van der Waals surface area (Å²) in [6.07, 6.45) is -2.05. The third-order valence-corrected chi connectivity index (χ3v) is 3.64. The Kier molecular flexibility index (Phi) is 4.66. The number of nitrogens with zero attached hydrogens (tertiary/aromatic N) is 1. The predicted molar refractivity (Wildman–Crippen MR) is 68.4 cm³/mol. The van der Waals surface area contributed by atoms with Crippen LogP contribution in [0.2, 0.25) is 0 Å². The summed E-state index contributed by atoms with van der Waals surface area (Å²) in [5.74, 6) is 0.429. The summed E-state index contributed by atoms with van der Waals surface area (Å²) < 4.78 is 38.3. The molecule has 1 unspecified atom stereocenters. The standard InChI is InChI=1S/C12H17F3N2S/c1-11(2,3)18-7-10(16)8-6-17-5-4-9(8)12(13,14)15/h4-6,10H,7,16H2,1-3H3. The van der Waals surface area contributed by atoms with Gasteiger partial charge in [0, 0.05) is 34.5 Å². The lowest BCUT2D eigenvalue weighted by Gasteiger charge is -2.22. The number of alkyl halides is 3. The van der Waals surface area contributed by atoms with Gasteiger partial charge in [0.25, 0.3) is 0 Å². The number of rotatable bonds is 3. The summed E-state index contributed by atoms with van der Waals surface area (Å²) >= 11 is 1.54. The Balaban J connectivity index is 2.89. The molecule has 6 heteroatoms. The van der Waals surface area contributed by atoms with Gasteiger partial charge in [-0.3, -0.25) is 4.98 Å². The Morgan fingerprint density at radius 1 is 1.33 bits per heavy atom. The number of aromatic nitrogens is 1. The van der Waals surface area contributed by atoms with Crippen molar-refractivity contribution in [3.8, 4) is 0 Å². The molecule has 0 aromatic carbocycles. The first-order valence-electron chi connectivity index (χ1n) is 5.52. The van der Waals surface area contributed by atoms with E-state index in [0.717, 1.165) is 12.3 Å². The van der Waals surface area contributed by atoms with Crippen molar-refractivity contribution in [3.05, 3.63) is 29.6 Å². The molecule has 18 heavy (non-hydrogen) atoms. The van der Waals surface area contributed by atoms with Gasteiger partial charge in [0.2, 0.25) is 0 Å². The second-order valence-corrected chi connectivity index (χ2v) is 6.84. The zero-order chi connectivity index (χ0) is 14.0. The molecule has 0 amide bonds. The van der Waals surface area contributed by atoms with Gasteiger partial charge in [0.15, 0.2) is 0 Å². The van der Waals surface area contributed by atoms with Crippen LogP contribution in [0, 0.1) is 0 Å². The molecule has 0 aliphatic rings. The van der Waals surface area contributed by atoms with Gasteiger partial charge in [-0.1, -0.05) is 20.8 Å². The molecule has 1 atom stereocenters. The molecule has 0 spiro atoms. The Morgan fingerprint density at radius 2 is 1.94 bits per heavy atom. The van der Waals surface area contributed by atoms with Gasteiger partial charge in [-0.15, -0.1) is 0 Å². The van der Waals surface area contributed by atoms with Crippen molar-refractivity contribution in [1.82, 2.24) is 4.98 Å². The molecule has 2 nitrogen and oxygen atoms in total. The molecule has 1 rings (SSSR count). The maximum atomic E-state index is 12.8. The first-order chi connectivity index (χ1) is 8.11. The molecule has 1 aromatic heterocycles. The molecule has 0 fully saturated rings. The van der Waals surface area contributed by atoms with Crippen molar-refractivity contribution in [2.75, 3.05) is 5.75 Å². The highest BCUT2D eigenvalue weighted by Crippen LogP contribution is 2.35. The minimum atomic E-state index is -4.39. The summed E-state index contributed by atoms with van der Waals surface area (Å²) in [6, 6.07) is 0.302. The van der Waals surface area contributed by atoms with Gasteiger partial charge in [-0.25, -0.2) is 0 Å². The van der Waals surface area contributed by atoms with Crippen molar-refractivity contribution < 1.29 is 13.2 Å². The van der Waals surface area contributed by atoms with Crippen LogP contribution in [0.25, 0.3) is 0 Å². The van der Waals surface area contributed by atoms with Gasteiger partial charge in [-0.05, 0) is 6.07 Å². The van der Waals surface area contributed by atoms with E-state index < -0.39 is 17.8 Å². The molecule has 0 aliphatic carbocycles. The molecule has 0 radical (unpaired) electrons. The molecule has 0 saturated heterocycles. The van der Waals surface area contributed by atoms with E-state index in [0.29, 0.717) is 5.75 Å². The topological polar surface area (TPSA) is 38.9 Å². The van der Waals surface area contributed by atoms with Gasteiger partial charge < -0.3 is 5.73 Å². The average molecular weight is 278 g/mol. The lowest BCUT2D eigenvalue weighted by Crippen LogP contribution is -2.22. The number of hydrogen-bond acceptors (Lipinski definition) is 3. The summed E-state index contributed by atoms with van der Waals surface area (Å²) in [6.45, 7) is 5.99. The number of hydrogen-bond donors (Lipinski definition) is 1. The third-order valence-electron chi connectivity index (χ3n) is 2.25. The average Bonchev–Trinajstić information content (AvgIpc) is 2.24. The lowest BCUT2D eigenvalue weighted by atomic mass is 10.0. The van der Waals surface area contributed by atoms with Crippen LogP contribution in [-0.2, 0) is 6.18 Å². The predicted octanol–water partition coefficient (Wildman–Crippen LogP) is 3.63. The smallest absolute Gasteiger partial charge is 0.323 e. The highest BCUT2D eigenvalue weighted by atomic mass is 32.2. The fourth-order valence-corrected chi connectivity index (χ4v) is 2.25. The molecule has 0 bridgehead atoms. The molecule has 0 aliphatic heterocycles. The van der Waals surface area contributed by atoms with E-state index in [1.54, 1.807) is 0 Å². The van der Waals surface area contributed by atoms with Gasteiger partial charge in [0.05, 0.1) is 5.56 Å². The van der Waals surface area contributed by atoms with Crippen molar-refractivity contribution in [2.45, 2.75) is 37.7 Å². The van der Waals surface area contributed by atoms with E-state index in [1.165, 1.54) is 18.0 Å². The minimum Gasteiger partial charge on any atom is -0.323 e. The molecule has 102 valence electrons. The number of halogens is 3. The fourth-order valence-electron chi connectivity index (χ4n) is 1.39. The van der Waals surface area contributed by atoms with Gasteiger partial charge in [0.1, 0.15) is 0 Å². The Hall–Kier alpha value is -0.750. The normalized spacial score (nSPS) is 14.6. The van der Waals surface area contributed by atoms with Gasteiger partial charge in [-0.2, -0.15) is 24.9 Å². The maximum absolute atomic E-state index is 12.8. The SMILES string of the molecule is CC(C)(C)SCC(N)c1cnccc1C(F)(F)F. The number of nitrogens with two attached hydrogens (primary N) is 1. The van der Waals surface area contributed by atoms with Crippen LogP contribution in [0.15, 0.2) is 18.5 Å². The van der Waals surface area contributed by atoms with Crippen molar-refractivity contribution in [1.29, 1.82) is 0 Å². The molecular weight excluding hydrogens is 261 g/mol. The van der Waals surface area contributed by atoms with Crippen LogP contribution < -0.4 is 5.73 Å². The van der Waals surface area contributed by atoms with Crippen LogP contribution in [0.1, 0.15) is 37.9 Å². The van der Waals surface area contributed by atoms with E-state index in [-0.39, 0.29) is 10.3 Å². The monoisotopic (exact) mass is 278 g/mol. The van der Waals surface area contributed by atoms with Crippen molar-refractivity contribution in [2.24, 2.45) is 5.73 Å². The molecule has 2 N–H and O–H groups in total. The quantitative estimate of drug-likeness (QED) is 0.917. The first-order valence-corrected chi connectivity index (χ1v) is 6.50. The van der Waals surface area contributed by atoms with E-state index in [2.05, 4.69) is 4.98 Å². The fraction of sp³-hybridized carbons (Fsp3) is 0.583. The summed E-state index contributed by atoms with van der Waals surface area (Å²) in [5.41, 5.74) is 5.20. The second kappa shape index (κ2) is 5.48. The Bertz CT molecular complexity index is 399. The number of thioether (sulfide) groups is 1. The van der Waals surface area contributed by atoms with E-state index >= 15 is 0 Å². The van der Waals surface area contributed by atoms with Crippen LogP contribution in [0.4, 0.5) is 13.2 Å². The van der Waals surface area contributed by atoms with E-state index in [4.69, 9.17) is 5.73 Å². The molecule has 1 aromatic rings. The highest BCUT2D eigenvalue weighted by molar-refractivity contribution is 8.00. The first kappa shape index (κ1) is 15.3. The second-order valence-electron chi connectivity index (χ2n) is 4.99. The van der Waals surface area contributed by atoms with Crippen LogP contribution in [0.5, 0.6) is 0 Å². The van der Waals surface area contributed by atoms with Gasteiger partial charge >= 0.3 is 6.18 Å². The summed E-state index contributed by atoms with van der Waals surface area (Å²) in [5, 5.41) is 0. The maximum Gasteiger partial charge on any atom is 0.416 e. The Labute approximate surface area is 109 Å². The molecular formula is C12H17F3N2S. The molecule has 1 heterocycles. The van der Waals surface area contributed by atoms with Crippen LogP contribution in [-0.4, -0.2) is 15.5 Å². The van der Waals surface area contributed by atoms with Crippen LogP contribution in [0.3, 0.4) is 0 Å². The summed E-state index contributed by atoms with van der Waals surface area (Å²) in [7, 11) is 0. The highest BCUT2D eigenvalue weighted by Gasteiger charge is 2.34. The van der Waals surface area contributed by atoms with Crippen molar-refractivity contribution in [3.63, 3.8) is 0 Å². The number of pyridine rings is 1. The lowest BCUT2D eigenvalue weighted by molar-refractivity contribution is -0.138. The van der Waals surface area contributed by atoms with E-state index in [9.17, 15) is 13.2 Å².